The van der Waals surface area contributed by atoms with Crippen molar-refractivity contribution >= 4 is 28.2 Å². The van der Waals surface area contributed by atoms with Crippen LogP contribution in [0.1, 0.15) is 18.7 Å². The van der Waals surface area contributed by atoms with Crippen molar-refractivity contribution in [2.75, 3.05) is 5.32 Å². The van der Waals surface area contributed by atoms with E-state index in [0.717, 1.165) is 15.0 Å². The second kappa shape index (κ2) is 6.29. The molecule has 0 unspecified atom stereocenters. The fraction of sp³-hybridized carbons (Fsp3) is 0.267. The van der Waals surface area contributed by atoms with Crippen molar-refractivity contribution < 1.29 is 8.81 Å². The maximum absolute atomic E-state index is 12.9. The number of aromatic nitrogens is 3. The standard InChI is InChI=1S/C15H13FN4OS2/c16-10-3-1-9(2-4-10)12-7-17-13(21-12)8-22-15-20-19-14(23-15)18-11-5-6-11/h1-4,7,11H,5-6,8H2,(H,18,19). The zero-order valence-electron chi connectivity index (χ0n) is 12.0. The number of oxazole rings is 1. The van der Waals surface area contributed by atoms with Gasteiger partial charge in [0.15, 0.2) is 10.1 Å². The maximum atomic E-state index is 12.9. The van der Waals surface area contributed by atoms with E-state index in [-0.39, 0.29) is 5.82 Å². The molecule has 0 bridgehead atoms. The Morgan fingerprint density at radius 2 is 2.09 bits per heavy atom. The Hall–Kier alpha value is -1.93. The number of thioether (sulfide) groups is 1. The number of anilines is 1. The van der Waals surface area contributed by atoms with Crippen molar-refractivity contribution in [2.45, 2.75) is 29.0 Å². The number of nitrogens with zero attached hydrogens (tertiary/aromatic N) is 3. The summed E-state index contributed by atoms with van der Waals surface area (Å²) in [5.41, 5.74) is 0.807. The Kier molecular flexibility index (Phi) is 4.00. The highest BCUT2D eigenvalue weighted by Gasteiger charge is 2.22. The minimum atomic E-state index is -0.268. The molecule has 0 spiro atoms. The molecule has 2 aromatic heterocycles. The van der Waals surface area contributed by atoms with E-state index >= 15 is 0 Å². The van der Waals surface area contributed by atoms with E-state index in [2.05, 4.69) is 20.5 Å². The van der Waals surface area contributed by atoms with Crippen molar-refractivity contribution in [1.82, 2.24) is 15.2 Å². The Labute approximate surface area is 140 Å². The monoisotopic (exact) mass is 348 g/mol. The van der Waals surface area contributed by atoms with E-state index in [1.807, 2.05) is 0 Å². The van der Waals surface area contributed by atoms with E-state index in [1.54, 1.807) is 41.4 Å². The topological polar surface area (TPSA) is 63.8 Å². The van der Waals surface area contributed by atoms with Crippen molar-refractivity contribution in [3.8, 4) is 11.3 Å². The fourth-order valence-electron chi connectivity index (χ4n) is 1.98. The van der Waals surface area contributed by atoms with Gasteiger partial charge in [-0.3, -0.25) is 0 Å². The van der Waals surface area contributed by atoms with Gasteiger partial charge in [-0.2, -0.15) is 0 Å². The molecule has 0 radical (unpaired) electrons. The predicted molar refractivity (Wildman–Crippen MR) is 88.0 cm³/mol. The van der Waals surface area contributed by atoms with Crippen LogP contribution in [0.2, 0.25) is 0 Å². The quantitative estimate of drug-likeness (QED) is 0.674. The summed E-state index contributed by atoms with van der Waals surface area (Å²) >= 11 is 3.09. The summed E-state index contributed by atoms with van der Waals surface area (Å²) in [6.45, 7) is 0. The minimum absolute atomic E-state index is 0.268. The van der Waals surface area contributed by atoms with Crippen LogP contribution in [0, 0.1) is 5.82 Å². The van der Waals surface area contributed by atoms with Gasteiger partial charge in [0.2, 0.25) is 11.0 Å². The van der Waals surface area contributed by atoms with Gasteiger partial charge in [0.05, 0.1) is 11.9 Å². The average Bonchev–Trinajstić information content (AvgIpc) is 3.07. The molecule has 0 atom stereocenters. The first-order valence-corrected chi connectivity index (χ1v) is 9.00. The van der Waals surface area contributed by atoms with Crippen molar-refractivity contribution in [3.05, 3.63) is 42.2 Å². The summed E-state index contributed by atoms with van der Waals surface area (Å²) in [6, 6.07) is 6.73. The van der Waals surface area contributed by atoms with Crippen LogP contribution >= 0.6 is 23.1 Å². The van der Waals surface area contributed by atoms with Crippen LogP contribution in [0.4, 0.5) is 9.52 Å². The summed E-state index contributed by atoms with van der Waals surface area (Å²) in [6.07, 6.45) is 4.08. The molecular formula is C15H13FN4OS2. The van der Waals surface area contributed by atoms with Crippen LogP contribution in [0.5, 0.6) is 0 Å². The molecule has 3 aromatic rings. The Morgan fingerprint density at radius 3 is 2.87 bits per heavy atom. The lowest BCUT2D eigenvalue weighted by molar-refractivity contribution is 0.530. The lowest BCUT2D eigenvalue weighted by atomic mass is 10.2. The summed E-state index contributed by atoms with van der Waals surface area (Å²) in [5.74, 6) is 1.56. The molecule has 1 aliphatic rings. The lowest BCUT2D eigenvalue weighted by Crippen LogP contribution is -1.99. The second-order valence-electron chi connectivity index (χ2n) is 5.21. The predicted octanol–water partition coefficient (Wildman–Crippen LogP) is 4.20. The van der Waals surface area contributed by atoms with Gasteiger partial charge < -0.3 is 9.73 Å². The highest BCUT2D eigenvalue weighted by atomic mass is 32.2. The van der Waals surface area contributed by atoms with Gasteiger partial charge in [-0.25, -0.2) is 9.37 Å². The average molecular weight is 348 g/mol. The van der Waals surface area contributed by atoms with E-state index in [4.69, 9.17) is 4.42 Å². The zero-order chi connectivity index (χ0) is 15.6. The molecule has 5 nitrogen and oxygen atoms in total. The molecule has 1 N–H and O–H groups in total. The summed E-state index contributed by atoms with van der Waals surface area (Å²) in [4.78, 5) is 4.25. The van der Waals surface area contributed by atoms with Crippen molar-refractivity contribution in [1.29, 1.82) is 0 Å². The van der Waals surface area contributed by atoms with E-state index in [9.17, 15) is 4.39 Å². The third kappa shape index (κ3) is 3.70. The van der Waals surface area contributed by atoms with Gasteiger partial charge >= 0.3 is 0 Å². The van der Waals surface area contributed by atoms with Crippen molar-refractivity contribution in [2.24, 2.45) is 0 Å². The SMILES string of the molecule is Fc1ccc(-c2cnc(CSc3nnc(NC4CC4)s3)o2)cc1. The van der Waals surface area contributed by atoms with Crippen LogP contribution < -0.4 is 5.32 Å². The summed E-state index contributed by atoms with van der Waals surface area (Å²) < 4.78 is 19.5. The summed E-state index contributed by atoms with van der Waals surface area (Å²) in [7, 11) is 0. The Morgan fingerprint density at radius 1 is 1.26 bits per heavy atom. The largest absolute Gasteiger partial charge is 0.440 e. The summed E-state index contributed by atoms with van der Waals surface area (Å²) in [5, 5.41) is 12.5. The molecular weight excluding hydrogens is 335 g/mol. The molecule has 0 amide bonds. The van der Waals surface area contributed by atoms with E-state index in [1.165, 1.54) is 25.0 Å². The molecule has 0 aliphatic heterocycles. The zero-order valence-corrected chi connectivity index (χ0v) is 13.7. The minimum Gasteiger partial charge on any atom is -0.440 e. The highest BCUT2D eigenvalue weighted by Crippen LogP contribution is 2.32. The first kappa shape index (κ1) is 14.6. The second-order valence-corrected chi connectivity index (χ2v) is 7.41. The first-order chi connectivity index (χ1) is 11.3. The maximum Gasteiger partial charge on any atom is 0.206 e. The number of nitrogens with one attached hydrogen (secondary N) is 1. The molecule has 1 saturated carbocycles. The van der Waals surface area contributed by atoms with Gasteiger partial charge in [0.1, 0.15) is 5.82 Å². The van der Waals surface area contributed by atoms with Gasteiger partial charge in [0.25, 0.3) is 0 Å². The number of benzene rings is 1. The van der Waals surface area contributed by atoms with Crippen LogP contribution in [-0.4, -0.2) is 21.2 Å². The van der Waals surface area contributed by atoms with Crippen LogP contribution in [0.25, 0.3) is 11.3 Å². The molecule has 118 valence electrons. The highest BCUT2D eigenvalue weighted by molar-refractivity contribution is 8.00. The molecule has 1 fully saturated rings. The molecule has 23 heavy (non-hydrogen) atoms. The molecule has 4 rings (SSSR count). The number of hydrogen-bond donors (Lipinski definition) is 1. The smallest absolute Gasteiger partial charge is 0.206 e. The Bertz CT molecular complexity index is 798. The first-order valence-electron chi connectivity index (χ1n) is 7.20. The van der Waals surface area contributed by atoms with Gasteiger partial charge in [-0.05, 0) is 37.1 Å². The molecule has 8 heteroatoms. The number of rotatable bonds is 6. The Balaban J connectivity index is 1.37. The van der Waals surface area contributed by atoms with Gasteiger partial charge in [-0.15, -0.1) is 10.2 Å². The number of hydrogen-bond acceptors (Lipinski definition) is 7. The van der Waals surface area contributed by atoms with Crippen molar-refractivity contribution in [3.63, 3.8) is 0 Å². The van der Waals surface area contributed by atoms with Gasteiger partial charge in [0, 0.05) is 11.6 Å². The molecule has 0 saturated heterocycles. The van der Waals surface area contributed by atoms with Crippen LogP contribution in [0.15, 0.2) is 39.2 Å². The molecule has 1 aliphatic carbocycles. The van der Waals surface area contributed by atoms with E-state index in [0.29, 0.717) is 23.4 Å². The third-order valence-corrected chi connectivity index (χ3v) is 5.29. The normalized spacial score (nSPS) is 14.1. The van der Waals surface area contributed by atoms with Gasteiger partial charge in [-0.1, -0.05) is 23.1 Å². The third-order valence-electron chi connectivity index (χ3n) is 3.31. The van der Waals surface area contributed by atoms with Crippen LogP contribution in [0.3, 0.4) is 0 Å². The fourth-order valence-corrected chi connectivity index (χ4v) is 3.66. The lowest BCUT2D eigenvalue weighted by Gasteiger charge is -1.96. The molecule has 1 aromatic carbocycles. The van der Waals surface area contributed by atoms with E-state index < -0.39 is 0 Å². The number of halogens is 1. The van der Waals surface area contributed by atoms with Crippen LogP contribution in [-0.2, 0) is 5.75 Å². The molecule has 2 heterocycles.